The molecule has 1 aliphatic heterocycles. The normalized spacial score (nSPS) is 15.8. The third-order valence-electron chi connectivity index (χ3n) is 4.13. The minimum atomic E-state index is -0.730. The molecule has 0 saturated heterocycles. The third kappa shape index (κ3) is 4.58. The zero-order valence-electron chi connectivity index (χ0n) is 15.9. The molecule has 0 radical (unpaired) electrons. The van der Waals surface area contributed by atoms with E-state index in [1.165, 1.54) is 17.2 Å². The quantitative estimate of drug-likeness (QED) is 0.714. The second kappa shape index (κ2) is 8.26. The van der Waals surface area contributed by atoms with E-state index < -0.39 is 5.66 Å². The fraction of sp³-hybridized carbons (Fsp3) is 0.300. The molecule has 0 aliphatic carbocycles. The molecule has 7 nitrogen and oxygen atoms in total. The van der Waals surface area contributed by atoms with Crippen LogP contribution in [-0.4, -0.2) is 35.9 Å². The van der Waals surface area contributed by atoms with Crippen LogP contribution in [0, 0.1) is 5.82 Å². The predicted molar refractivity (Wildman–Crippen MR) is 107 cm³/mol. The molecular formula is C20H24FN5O2. The molecule has 2 aromatic rings. The molecular weight excluding hydrogens is 361 g/mol. The topological polar surface area (TPSA) is 98.5 Å². The van der Waals surface area contributed by atoms with Gasteiger partial charge in [0.2, 0.25) is 11.9 Å². The highest BCUT2D eigenvalue weighted by molar-refractivity contribution is 5.95. The summed E-state index contributed by atoms with van der Waals surface area (Å²) < 4.78 is 19.1. The first-order valence-corrected chi connectivity index (χ1v) is 8.97. The van der Waals surface area contributed by atoms with E-state index in [1.807, 2.05) is 38.1 Å². The first-order valence-electron chi connectivity index (χ1n) is 8.97. The van der Waals surface area contributed by atoms with Crippen LogP contribution in [0.5, 0.6) is 5.75 Å². The Kier molecular flexibility index (Phi) is 5.79. The number of ether oxygens (including phenoxy) is 1. The summed E-state index contributed by atoms with van der Waals surface area (Å²) in [6.45, 7) is 4.47. The number of nitrogens with zero attached hydrogens (tertiary/aromatic N) is 3. The fourth-order valence-corrected chi connectivity index (χ4v) is 2.88. The summed E-state index contributed by atoms with van der Waals surface area (Å²) in [5.41, 5.74) is 12.6. The van der Waals surface area contributed by atoms with Gasteiger partial charge in [-0.2, -0.15) is 10.1 Å². The van der Waals surface area contributed by atoms with Gasteiger partial charge in [0.25, 0.3) is 0 Å². The van der Waals surface area contributed by atoms with Gasteiger partial charge in [0.1, 0.15) is 11.6 Å². The summed E-state index contributed by atoms with van der Waals surface area (Å²) in [6, 6.07) is 14.0. The second-order valence-corrected chi connectivity index (χ2v) is 6.77. The summed E-state index contributed by atoms with van der Waals surface area (Å²) >= 11 is 0. The average Bonchev–Trinajstić information content (AvgIpc) is 2.64. The number of para-hydroxylation sites is 1. The number of nitrogens with two attached hydrogens (primary N) is 2. The molecule has 4 N–H and O–H groups in total. The van der Waals surface area contributed by atoms with E-state index in [-0.39, 0.29) is 17.7 Å². The molecule has 3 rings (SSSR count). The number of halogens is 1. The monoisotopic (exact) mass is 385 g/mol. The molecule has 2 aromatic carbocycles. The Labute approximate surface area is 163 Å². The Morgan fingerprint density at radius 2 is 1.75 bits per heavy atom. The Hall–Kier alpha value is -3.13. The van der Waals surface area contributed by atoms with Crippen LogP contribution in [0.25, 0.3) is 11.1 Å². The Bertz CT molecular complexity index is 880. The third-order valence-corrected chi connectivity index (χ3v) is 4.13. The molecule has 1 aliphatic rings. The van der Waals surface area contributed by atoms with Crippen LogP contribution < -0.4 is 16.2 Å². The fourth-order valence-electron chi connectivity index (χ4n) is 2.88. The maximum Gasteiger partial charge on any atom is 0.226 e. The maximum absolute atomic E-state index is 13.2. The number of hydroxylamine groups is 2. The van der Waals surface area contributed by atoms with E-state index >= 15 is 0 Å². The standard InChI is InChI=1S/C20H24FN5O2/c1-20(2)25-18(22)24-19(23)26(20)28-13-5-12-27-17-7-4-3-6-16(17)14-8-10-15(21)11-9-14/h3-4,6-11H,5,12-13H2,1-2H3,(H4,22,23,24,25). The van der Waals surface area contributed by atoms with Crippen molar-refractivity contribution in [2.75, 3.05) is 13.2 Å². The average molecular weight is 385 g/mol. The predicted octanol–water partition coefficient (Wildman–Crippen LogP) is 2.87. The molecule has 148 valence electrons. The van der Waals surface area contributed by atoms with Gasteiger partial charge in [-0.05, 0) is 37.6 Å². The van der Waals surface area contributed by atoms with Crippen molar-refractivity contribution >= 4 is 11.9 Å². The van der Waals surface area contributed by atoms with E-state index in [2.05, 4.69) is 9.98 Å². The van der Waals surface area contributed by atoms with Crippen LogP contribution >= 0.6 is 0 Å². The highest BCUT2D eigenvalue weighted by Gasteiger charge is 2.32. The molecule has 0 unspecified atom stereocenters. The lowest BCUT2D eigenvalue weighted by Crippen LogP contribution is -2.53. The smallest absolute Gasteiger partial charge is 0.226 e. The summed E-state index contributed by atoms with van der Waals surface area (Å²) in [4.78, 5) is 13.9. The molecule has 0 aromatic heterocycles. The van der Waals surface area contributed by atoms with Gasteiger partial charge in [-0.15, -0.1) is 0 Å². The van der Waals surface area contributed by atoms with E-state index in [9.17, 15) is 4.39 Å². The van der Waals surface area contributed by atoms with E-state index in [0.29, 0.717) is 19.6 Å². The van der Waals surface area contributed by atoms with Crippen molar-refractivity contribution in [3.8, 4) is 16.9 Å². The first kappa shape index (κ1) is 19.6. The Morgan fingerprint density at radius 3 is 2.46 bits per heavy atom. The molecule has 0 spiro atoms. The van der Waals surface area contributed by atoms with Gasteiger partial charge in [-0.25, -0.2) is 9.38 Å². The highest BCUT2D eigenvalue weighted by atomic mass is 19.1. The summed E-state index contributed by atoms with van der Waals surface area (Å²) in [5.74, 6) is 0.753. The van der Waals surface area contributed by atoms with Crippen molar-refractivity contribution in [3.05, 3.63) is 54.3 Å². The van der Waals surface area contributed by atoms with Crippen molar-refractivity contribution in [1.29, 1.82) is 0 Å². The van der Waals surface area contributed by atoms with Crippen LogP contribution in [-0.2, 0) is 4.84 Å². The number of aliphatic imine (C=N–C) groups is 2. The van der Waals surface area contributed by atoms with Crippen LogP contribution in [0.15, 0.2) is 58.5 Å². The van der Waals surface area contributed by atoms with Crippen molar-refractivity contribution in [3.63, 3.8) is 0 Å². The van der Waals surface area contributed by atoms with Crippen LogP contribution in [0.1, 0.15) is 20.3 Å². The van der Waals surface area contributed by atoms with Crippen LogP contribution in [0.4, 0.5) is 4.39 Å². The molecule has 0 fully saturated rings. The lowest BCUT2D eigenvalue weighted by Gasteiger charge is -2.36. The van der Waals surface area contributed by atoms with Crippen molar-refractivity contribution in [1.82, 2.24) is 5.06 Å². The number of guanidine groups is 2. The highest BCUT2D eigenvalue weighted by Crippen LogP contribution is 2.30. The number of benzene rings is 2. The minimum Gasteiger partial charge on any atom is -0.493 e. The number of rotatable bonds is 7. The van der Waals surface area contributed by atoms with Gasteiger partial charge >= 0.3 is 0 Å². The summed E-state index contributed by atoms with van der Waals surface area (Å²) in [5, 5.41) is 1.44. The second-order valence-electron chi connectivity index (χ2n) is 6.77. The van der Waals surface area contributed by atoms with Crippen molar-refractivity contribution < 1.29 is 14.0 Å². The van der Waals surface area contributed by atoms with E-state index in [1.54, 1.807) is 12.1 Å². The van der Waals surface area contributed by atoms with Crippen LogP contribution in [0.3, 0.4) is 0 Å². The first-order chi connectivity index (χ1) is 13.4. The summed E-state index contributed by atoms with van der Waals surface area (Å²) in [6.07, 6.45) is 0.622. The van der Waals surface area contributed by atoms with Gasteiger partial charge in [-0.3, -0.25) is 4.84 Å². The number of hydrogen-bond acceptors (Lipinski definition) is 7. The van der Waals surface area contributed by atoms with Gasteiger partial charge in [0, 0.05) is 12.0 Å². The molecule has 8 heteroatoms. The molecule has 0 saturated carbocycles. The SMILES string of the molecule is CC1(C)N=C(N)N=C(N)N1OCCCOc1ccccc1-c1ccc(F)cc1. The molecule has 0 amide bonds. The number of hydrogen-bond donors (Lipinski definition) is 2. The lowest BCUT2D eigenvalue weighted by molar-refractivity contribution is -0.158. The molecule has 0 bridgehead atoms. The maximum atomic E-state index is 13.2. The van der Waals surface area contributed by atoms with Gasteiger partial charge < -0.3 is 16.2 Å². The molecule has 28 heavy (non-hydrogen) atoms. The lowest BCUT2D eigenvalue weighted by atomic mass is 10.0. The van der Waals surface area contributed by atoms with Gasteiger partial charge in [-0.1, -0.05) is 30.3 Å². The largest absolute Gasteiger partial charge is 0.493 e. The summed E-state index contributed by atoms with van der Waals surface area (Å²) in [7, 11) is 0. The Morgan fingerprint density at radius 1 is 1.04 bits per heavy atom. The molecule has 1 heterocycles. The zero-order chi connectivity index (χ0) is 20.1. The Balaban J connectivity index is 1.54. The van der Waals surface area contributed by atoms with Gasteiger partial charge in [0.05, 0.1) is 13.2 Å². The molecule has 0 atom stereocenters. The van der Waals surface area contributed by atoms with E-state index in [4.69, 9.17) is 21.0 Å². The van der Waals surface area contributed by atoms with Crippen molar-refractivity contribution in [2.24, 2.45) is 21.5 Å². The van der Waals surface area contributed by atoms with Crippen molar-refractivity contribution in [2.45, 2.75) is 25.9 Å². The minimum absolute atomic E-state index is 0.128. The van der Waals surface area contributed by atoms with Crippen LogP contribution in [0.2, 0.25) is 0 Å². The van der Waals surface area contributed by atoms with Gasteiger partial charge in [0.15, 0.2) is 5.66 Å². The van der Waals surface area contributed by atoms with E-state index in [0.717, 1.165) is 16.9 Å². The zero-order valence-corrected chi connectivity index (χ0v) is 15.9.